The van der Waals surface area contributed by atoms with Crippen LogP contribution in [0.25, 0.3) is 22.4 Å². The quantitative estimate of drug-likeness (QED) is 0.746. The van der Waals surface area contributed by atoms with Crippen molar-refractivity contribution >= 4 is 22.9 Å². The third kappa shape index (κ3) is 3.51. The molecular weight excluding hydrogens is 351 g/mol. The van der Waals surface area contributed by atoms with Crippen LogP contribution in [-0.4, -0.2) is 47.0 Å². The maximum absolute atomic E-state index is 14.2. The lowest BCUT2D eigenvalue weighted by atomic mass is 10.0. The van der Waals surface area contributed by atoms with Crippen molar-refractivity contribution in [3.8, 4) is 11.3 Å². The Kier molecular flexibility index (Phi) is 5.16. The molecule has 0 bridgehead atoms. The van der Waals surface area contributed by atoms with Gasteiger partial charge in [-0.15, -0.1) is 0 Å². The second kappa shape index (κ2) is 7.53. The fourth-order valence-corrected chi connectivity index (χ4v) is 2.82. The highest BCUT2D eigenvalue weighted by Gasteiger charge is 2.24. The number of hydrogen-bond acceptors (Lipinski definition) is 5. The number of amides is 2. The number of likely N-dealkylation sites (N-methyl/N-ethyl adjacent to an activating group) is 2. The van der Waals surface area contributed by atoms with Crippen LogP contribution in [0.15, 0.2) is 34.9 Å². The van der Waals surface area contributed by atoms with Gasteiger partial charge < -0.3 is 14.7 Å². The fraction of sp³-hybridized carbons (Fsp3) is 0.263. The molecule has 2 aromatic heterocycles. The van der Waals surface area contributed by atoms with Crippen LogP contribution in [0, 0.1) is 12.7 Å². The molecule has 8 heteroatoms. The summed E-state index contributed by atoms with van der Waals surface area (Å²) in [5.41, 5.74) is 1.42. The van der Waals surface area contributed by atoms with E-state index in [9.17, 15) is 14.0 Å². The number of rotatable bonds is 5. The highest BCUT2D eigenvalue weighted by molar-refractivity contribution is 6.07. The highest BCUT2D eigenvalue weighted by atomic mass is 19.1. The molecule has 7 nitrogen and oxygen atoms in total. The van der Waals surface area contributed by atoms with Crippen LogP contribution < -0.4 is 5.32 Å². The zero-order valence-electron chi connectivity index (χ0n) is 15.2. The number of nitrogens with zero attached hydrogens (tertiary/aromatic N) is 3. The van der Waals surface area contributed by atoms with Crippen molar-refractivity contribution in [3.63, 3.8) is 0 Å². The monoisotopic (exact) mass is 370 g/mol. The molecule has 0 aliphatic rings. The van der Waals surface area contributed by atoms with Gasteiger partial charge in [0.2, 0.25) is 5.91 Å². The number of benzene rings is 1. The van der Waals surface area contributed by atoms with E-state index in [1.54, 1.807) is 32.0 Å². The molecule has 3 aromatic rings. The minimum absolute atomic E-state index is 0.0883. The van der Waals surface area contributed by atoms with Crippen LogP contribution in [0.2, 0.25) is 0 Å². The van der Waals surface area contributed by atoms with Gasteiger partial charge in [0.05, 0.1) is 28.9 Å². The smallest absolute Gasteiger partial charge is 0.259 e. The first-order valence-electron chi connectivity index (χ1n) is 8.48. The number of hydrogen-bond donors (Lipinski definition) is 1. The summed E-state index contributed by atoms with van der Waals surface area (Å²) in [5, 5.41) is 6.83. The van der Waals surface area contributed by atoms with E-state index in [1.807, 2.05) is 0 Å². The van der Waals surface area contributed by atoms with Gasteiger partial charge in [-0.3, -0.25) is 9.59 Å². The van der Waals surface area contributed by atoms with Crippen LogP contribution >= 0.6 is 0 Å². The van der Waals surface area contributed by atoms with Crippen molar-refractivity contribution in [3.05, 3.63) is 47.4 Å². The summed E-state index contributed by atoms with van der Waals surface area (Å²) in [6, 6.07) is 7.66. The lowest BCUT2D eigenvalue weighted by Crippen LogP contribution is -2.39. The standard InChI is InChI=1S/C19H19FN4O3/c1-4-24(10-16(25)21-3)19(26)13-9-15(12-7-5-6-8-14(12)20)22-18-17(13)11(2)23-27-18/h5-9H,4,10H2,1-3H3,(H,21,25). The second-order valence-electron chi connectivity index (χ2n) is 5.98. The molecule has 0 radical (unpaired) electrons. The lowest BCUT2D eigenvalue weighted by molar-refractivity contribution is -0.121. The van der Waals surface area contributed by atoms with Crippen molar-refractivity contribution < 1.29 is 18.5 Å². The predicted molar refractivity (Wildman–Crippen MR) is 97.6 cm³/mol. The van der Waals surface area contributed by atoms with Crippen molar-refractivity contribution in [2.75, 3.05) is 20.1 Å². The molecule has 3 rings (SSSR count). The first kappa shape index (κ1) is 18.5. The van der Waals surface area contributed by atoms with E-state index in [0.29, 0.717) is 17.6 Å². The van der Waals surface area contributed by atoms with E-state index >= 15 is 0 Å². The van der Waals surface area contributed by atoms with Gasteiger partial charge in [0.15, 0.2) is 0 Å². The highest BCUT2D eigenvalue weighted by Crippen LogP contribution is 2.29. The number of aryl methyl sites for hydroxylation is 1. The number of fused-ring (bicyclic) bond motifs is 1. The van der Waals surface area contributed by atoms with Crippen molar-refractivity contribution in [2.45, 2.75) is 13.8 Å². The zero-order chi connectivity index (χ0) is 19.6. The molecule has 1 aromatic carbocycles. The number of carbonyl (C=O) groups is 2. The number of nitrogens with one attached hydrogen (secondary N) is 1. The van der Waals surface area contributed by atoms with Crippen LogP contribution in [-0.2, 0) is 4.79 Å². The molecule has 0 atom stereocenters. The lowest BCUT2D eigenvalue weighted by Gasteiger charge is -2.20. The Balaban J connectivity index is 2.16. The second-order valence-corrected chi connectivity index (χ2v) is 5.98. The summed E-state index contributed by atoms with van der Waals surface area (Å²) >= 11 is 0. The topological polar surface area (TPSA) is 88.3 Å². The molecular formula is C19H19FN4O3. The van der Waals surface area contributed by atoms with Gasteiger partial charge in [-0.2, -0.15) is 0 Å². The van der Waals surface area contributed by atoms with E-state index < -0.39 is 5.82 Å². The molecule has 0 saturated heterocycles. The molecule has 27 heavy (non-hydrogen) atoms. The Labute approximate surface area is 155 Å². The molecule has 0 aliphatic carbocycles. The maximum atomic E-state index is 14.2. The number of carbonyl (C=O) groups excluding carboxylic acids is 2. The Morgan fingerprint density at radius 2 is 2.04 bits per heavy atom. The average molecular weight is 370 g/mol. The van der Waals surface area contributed by atoms with Gasteiger partial charge in [-0.25, -0.2) is 9.37 Å². The van der Waals surface area contributed by atoms with Crippen LogP contribution in [0.5, 0.6) is 0 Å². The SMILES string of the molecule is CCN(CC(=O)NC)C(=O)c1cc(-c2ccccc2F)nc2onc(C)c12. The third-order valence-electron chi connectivity index (χ3n) is 4.28. The summed E-state index contributed by atoms with van der Waals surface area (Å²) in [6.07, 6.45) is 0. The molecule has 1 N–H and O–H groups in total. The summed E-state index contributed by atoms with van der Waals surface area (Å²) < 4.78 is 19.4. The molecule has 0 aliphatic heterocycles. The molecule has 2 heterocycles. The molecule has 0 fully saturated rings. The normalized spacial score (nSPS) is 10.8. The zero-order valence-corrected chi connectivity index (χ0v) is 15.2. The van der Waals surface area contributed by atoms with E-state index in [-0.39, 0.29) is 40.9 Å². The number of pyridine rings is 1. The van der Waals surface area contributed by atoms with Gasteiger partial charge in [0, 0.05) is 19.2 Å². The maximum Gasteiger partial charge on any atom is 0.259 e. The van der Waals surface area contributed by atoms with E-state index in [1.165, 1.54) is 24.1 Å². The summed E-state index contributed by atoms with van der Waals surface area (Å²) in [7, 11) is 1.51. The average Bonchev–Trinajstić information content (AvgIpc) is 3.06. The first-order chi connectivity index (χ1) is 13.0. The first-order valence-corrected chi connectivity index (χ1v) is 8.48. The largest absolute Gasteiger partial charge is 0.358 e. The predicted octanol–water partition coefficient (Wildman–Crippen LogP) is 2.55. The Morgan fingerprint density at radius 3 is 2.70 bits per heavy atom. The van der Waals surface area contributed by atoms with Crippen LogP contribution in [0.1, 0.15) is 23.0 Å². The van der Waals surface area contributed by atoms with Crippen molar-refractivity contribution in [1.29, 1.82) is 0 Å². The summed E-state index contributed by atoms with van der Waals surface area (Å²) in [5.74, 6) is -1.12. The molecule has 0 unspecified atom stereocenters. The number of halogens is 1. The van der Waals surface area contributed by atoms with Gasteiger partial charge in [-0.05, 0) is 32.0 Å². The Morgan fingerprint density at radius 1 is 1.30 bits per heavy atom. The van der Waals surface area contributed by atoms with Gasteiger partial charge in [0.1, 0.15) is 5.82 Å². The number of aromatic nitrogens is 2. The third-order valence-corrected chi connectivity index (χ3v) is 4.28. The van der Waals surface area contributed by atoms with E-state index in [2.05, 4.69) is 15.5 Å². The summed E-state index contributed by atoms with van der Waals surface area (Å²) in [6.45, 7) is 3.71. The minimum Gasteiger partial charge on any atom is -0.358 e. The molecule has 0 spiro atoms. The van der Waals surface area contributed by atoms with E-state index in [4.69, 9.17) is 4.52 Å². The fourth-order valence-electron chi connectivity index (χ4n) is 2.82. The Hall–Kier alpha value is -3.29. The van der Waals surface area contributed by atoms with Crippen LogP contribution in [0.4, 0.5) is 4.39 Å². The van der Waals surface area contributed by atoms with Gasteiger partial charge in [0.25, 0.3) is 11.6 Å². The van der Waals surface area contributed by atoms with Gasteiger partial charge >= 0.3 is 0 Å². The molecule has 2 amide bonds. The Bertz CT molecular complexity index is 1020. The summed E-state index contributed by atoms with van der Waals surface area (Å²) in [4.78, 5) is 30.6. The van der Waals surface area contributed by atoms with Crippen LogP contribution in [0.3, 0.4) is 0 Å². The van der Waals surface area contributed by atoms with Crippen molar-refractivity contribution in [2.24, 2.45) is 0 Å². The molecule has 140 valence electrons. The minimum atomic E-state index is -0.461. The van der Waals surface area contributed by atoms with E-state index in [0.717, 1.165) is 0 Å². The molecule has 0 saturated carbocycles. The van der Waals surface area contributed by atoms with Crippen molar-refractivity contribution in [1.82, 2.24) is 20.4 Å². The van der Waals surface area contributed by atoms with Gasteiger partial charge in [-0.1, -0.05) is 17.3 Å².